The van der Waals surface area contributed by atoms with Crippen molar-refractivity contribution < 1.29 is 23.9 Å². The van der Waals surface area contributed by atoms with Crippen LogP contribution in [0.5, 0.6) is 0 Å². The maximum Gasteiger partial charge on any atom is 0.329 e. The second kappa shape index (κ2) is 7.66. The lowest BCUT2D eigenvalue weighted by Gasteiger charge is -2.33. The molecule has 1 aliphatic carbocycles. The maximum atomic E-state index is 11.9. The molecule has 1 aliphatic rings. The Labute approximate surface area is 133 Å². The van der Waals surface area contributed by atoms with Gasteiger partial charge in [0.05, 0.1) is 19.4 Å². The van der Waals surface area contributed by atoms with E-state index in [1.165, 1.54) is 6.26 Å². The fourth-order valence-electron chi connectivity index (χ4n) is 2.66. The molecule has 0 aliphatic heterocycles. The van der Waals surface area contributed by atoms with Gasteiger partial charge in [0.25, 0.3) is 0 Å². The van der Waals surface area contributed by atoms with Crippen molar-refractivity contribution >= 4 is 17.9 Å². The molecular weight excluding hydrogens is 302 g/mol. The predicted octanol–water partition coefficient (Wildman–Crippen LogP) is 0.982. The van der Waals surface area contributed by atoms with Gasteiger partial charge in [-0.15, -0.1) is 0 Å². The molecular formula is C15H21N3O5. The highest BCUT2D eigenvalue weighted by atomic mass is 16.4. The number of hydrogen-bond acceptors (Lipinski definition) is 4. The lowest BCUT2D eigenvalue weighted by atomic mass is 9.81. The highest BCUT2D eigenvalue weighted by molar-refractivity contribution is 5.89. The van der Waals surface area contributed by atoms with Gasteiger partial charge < -0.3 is 25.5 Å². The number of hydrogen-bond donors (Lipinski definition) is 4. The Balaban J connectivity index is 1.75. The molecule has 0 atom stereocenters. The van der Waals surface area contributed by atoms with Crippen molar-refractivity contribution in [2.45, 2.75) is 44.2 Å². The van der Waals surface area contributed by atoms with Crippen molar-refractivity contribution in [3.05, 3.63) is 24.2 Å². The number of carbonyl (C=O) groups excluding carboxylic acids is 2. The first-order chi connectivity index (χ1) is 11.0. The second-order valence-electron chi connectivity index (χ2n) is 5.61. The minimum Gasteiger partial charge on any atom is -0.480 e. The molecule has 126 valence electrons. The van der Waals surface area contributed by atoms with E-state index in [4.69, 9.17) is 4.42 Å². The average molecular weight is 323 g/mol. The molecule has 1 aromatic rings. The quantitative estimate of drug-likeness (QED) is 0.622. The molecule has 1 aromatic heterocycles. The lowest BCUT2D eigenvalue weighted by molar-refractivity contribution is -0.149. The van der Waals surface area contributed by atoms with E-state index in [0.717, 1.165) is 19.3 Å². The van der Waals surface area contributed by atoms with Crippen LogP contribution in [0.2, 0.25) is 0 Å². The molecule has 0 aromatic carbocycles. The number of carbonyl (C=O) groups is 3. The van der Waals surface area contributed by atoms with E-state index in [1.54, 1.807) is 12.1 Å². The fraction of sp³-hybridized carbons (Fsp3) is 0.533. The van der Waals surface area contributed by atoms with Crippen LogP contribution in [-0.2, 0) is 16.1 Å². The van der Waals surface area contributed by atoms with Crippen LogP contribution in [-0.4, -0.2) is 35.1 Å². The van der Waals surface area contributed by atoms with Gasteiger partial charge in [0.15, 0.2) is 0 Å². The molecule has 1 saturated carbocycles. The zero-order chi connectivity index (χ0) is 16.7. The monoisotopic (exact) mass is 323 g/mol. The Morgan fingerprint density at radius 1 is 1.17 bits per heavy atom. The summed E-state index contributed by atoms with van der Waals surface area (Å²) >= 11 is 0. The summed E-state index contributed by atoms with van der Waals surface area (Å²) in [5, 5.41) is 16.9. The van der Waals surface area contributed by atoms with Crippen molar-refractivity contribution in [2.75, 3.05) is 6.54 Å². The SMILES string of the molecule is O=C(CNC(=O)NCc1ccco1)NC1(C(=O)O)CCCCC1. The third-order valence-electron chi connectivity index (χ3n) is 3.91. The normalized spacial score (nSPS) is 16.3. The summed E-state index contributed by atoms with van der Waals surface area (Å²) in [7, 11) is 0. The first kappa shape index (κ1) is 16.9. The highest BCUT2D eigenvalue weighted by Gasteiger charge is 2.40. The van der Waals surface area contributed by atoms with Crippen LogP contribution in [0.3, 0.4) is 0 Å². The van der Waals surface area contributed by atoms with Crippen LogP contribution in [0.4, 0.5) is 4.79 Å². The van der Waals surface area contributed by atoms with E-state index in [9.17, 15) is 19.5 Å². The van der Waals surface area contributed by atoms with E-state index in [2.05, 4.69) is 16.0 Å². The van der Waals surface area contributed by atoms with E-state index in [0.29, 0.717) is 18.6 Å². The Morgan fingerprint density at radius 2 is 1.91 bits per heavy atom. The molecule has 0 spiro atoms. The van der Waals surface area contributed by atoms with Gasteiger partial charge in [0.1, 0.15) is 11.3 Å². The second-order valence-corrected chi connectivity index (χ2v) is 5.61. The molecule has 8 heteroatoms. The number of rotatable bonds is 6. The van der Waals surface area contributed by atoms with Crippen molar-refractivity contribution in [2.24, 2.45) is 0 Å². The summed E-state index contributed by atoms with van der Waals surface area (Å²) in [5.74, 6) is -0.938. The zero-order valence-electron chi connectivity index (χ0n) is 12.8. The van der Waals surface area contributed by atoms with Gasteiger partial charge in [0.2, 0.25) is 5.91 Å². The number of aliphatic carboxylic acids is 1. The summed E-state index contributed by atoms with van der Waals surface area (Å²) in [6, 6.07) is 2.90. The lowest BCUT2D eigenvalue weighted by Crippen LogP contribution is -2.57. The molecule has 1 fully saturated rings. The van der Waals surface area contributed by atoms with Crippen LogP contribution in [0.25, 0.3) is 0 Å². The smallest absolute Gasteiger partial charge is 0.329 e. The van der Waals surface area contributed by atoms with Crippen LogP contribution < -0.4 is 16.0 Å². The number of carboxylic acids is 1. The summed E-state index contributed by atoms with van der Waals surface area (Å²) in [5.41, 5.74) is -1.21. The number of furan rings is 1. The van der Waals surface area contributed by atoms with Gasteiger partial charge in [0, 0.05) is 0 Å². The van der Waals surface area contributed by atoms with Crippen LogP contribution in [0, 0.1) is 0 Å². The summed E-state index contributed by atoms with van der Waals surface area (Å²) in [6.45, 7) is -0.0709. The average Bonchev–Trinajstić information content (AvgIpc) is 3.05. The fourth-order valence-corrected chi connectivity index (χ4v) is 2.66. The van der Waals surface area contributed by atoms with Gasteiger partial charge in [-0.2, -0.15) is 0 Å². The number of amides is 3. The van der Waals surface area contributed by atoms with Crippen LogP contribution in [0.1, 0.15) is 37.9 Å². The molecule has 23 heavy (non-hydrogen) atoms. The molecule has 2 rings (SSSR count). The summed E-state index contributed by atoms with van der Waals surface area (Å²) < 4.78 is 5.06. The number of urea groups is 1. The summed E-state index contributed by atoms with van der Waals surface area (Å²) in [6.07, 6.45) is 4.83. The van der Waals surface area contributed by atoms with Crippen molar-refractivity contribution in [1.82, 2.24) is 16.0 Å². The van der Waals surface area contributed by atoms with Crippen LogP contribution in [0.15, 0.2) is 22.8 Å². The number of carboxylic acid groups (broad SMARTS) is 1. The molecule has 0 saturated heterocycles. The Hall–Kier alpha value is -2.51. The standard InChI is InChI=1S/C15H21N3O5/c19-12(18-15(13(20)21)6-2-1-3-7-15)10-17-14(22)16-9-11-5-4-8-23-11/h4-5,8H,1-3,6-7,9-10H2,(H,18,19)(H,20,21)(H2,16,17,22). The van der Waals surface area contributed by atoms with Crippen molar-refractivity contribution in [1.29, 1.82) is 0 Å². The third-order valence-corrected chi connectivity index (χ3v) is 3.91. The van der Waals surface area contributed by atoms with E-state index >= 15 is 0 Å². The molecule has 0 unspecified atom stereocenters. The molecule has 8 nitrogen and oxygen atoms in total. The van der Waals surface area contributed by atoms with Gasteiger partial charge in [-0.3, -0.25) is 4.79 Å². The van der Waals surface area contributed by atoms with Crippen LogP contribution >= 0.6 is 0 Å². The Bertz CT molecular complexity index is 549. The largest absolute Gasteiger partial charge is 0.480 e. The van der Waals surface area contributed by atoms with Crippen molar-refractivity contribution in [3.63, 3.8) is 0 Å². The topological polar surface area (TPSA) is 121 Å². The third kappa shape index (κ3) is 4.73. The Kier molecular flexibility index (Phi) is 5.61. The van der Waals surface area contributed by atoms with E-state index in [1.807, 2.05) is 0 Å². The molecule has 4 N–H and O–H groups in total. The van der Waals surface area contributed by atoms with E-state index < -0.39 is 23.4 Å². The zero-order valence-corrected chi connectivity index (χ0v) is 12.8. The van der Waals surface area contributed by atoms with Gasteiger partial charge in [-0.1, -0.05) is 19.3 Å². The van der Waals surface area contributed by atoms with Crippen molar-refractivity contribution in [3.8, 4) is 0 Å². The van der Waals surface area contributed by atoms with E-state index in [-0.39, 0.29) is 13.1 Å². The van der Waals surface area contributed by atoms with Gasteiger partial charge >= 0.3 is 12.0 Å². The highest BCUT2D eigenvalue weighted by Crippen LogP contribution is 2.28. The minimum atomic E-state index is -1.21. The first-order valence-electron chi connectivity index (χ1n) is 7.60. The molecule has 0 radical (unpaired) electrons. The predicted molar refractivity (Wildman–Crippen MR) is 80.5 cm³/mol. The summed E-state index contributed by atoms with van der Waals surface area (Å²) in [4.78, 5) is 35.0. The maximum absolute atomic E-state index is 11.9. The molecule has 3 amide bonds. The molecule has 0 bridgehead atoms. The first-order valence-corrected chi connectivity index (χ1v) is 7.60. The van der Waals surface area contributed by atoms with Gasteiger partial charge in [-0.05, 0) is 25.0 Å². The number of nitrogens with one attached hydrogen (secondary N) is 3. The minimum absolute atomic E-state index is 0.208. The molecule has 1 heterocycles. The Morgan fingerprint density at radius 3 is 2.52 bits per heavy atom. The van der Waals surface area contributed by atoms with Gasteiger partial charge in [-0.25, -0.2) is 9.59 Å².